The highest BCUT2D eigenvalue weighted by Crippen LogP contribution is 2.31. The number of rotatable bonds is 3. The van der Waals surface area contributed by atoms with E-state index in [9.17, 15) is 4.79 Å². The number of H-pyrrole nitrogens is 1. The van der Waals surface area contributed by atoms with Crippen molar-refractivity contribution in [2.45, 2.75) is 25.7 Å². The number of piperidine rings is 1. The first-order valence-corrected chi connectivity index (χ1v) is 8.72. The topological polar surface area (TPSA) is 92.6 Å². The number of aromatic amines is 1. The van der Waals surface area contributed by atoms with Crippen molar-refractivity contribution >= 4 is 5.91 Å². The number of imidazole rings is 1. The Morgan fingerprint density at radius 1 is 1.23 bits per heavy atom. The molecule has 0 radical (unpaired) electrons. The highest BCUT2D eigenvalue weighted by Gasteiger charge is 2.29. The highest BCUT2D eigenvalue weighted by molar-refractivity contribution is 5.93. The average Bonchev–Trinajstić information content (AvgIpc) is 3.29. The summed E-state index contributed by atoms with van der Waals surface area (Å²) in [6.07, 6.45) is 10.4. The molecule has 0 spiro atoms. The van der Waals surface area contributed by atoms with Gasteiger partial charge in [-0.15, -0.1) is 0 Å². The molecular weight excluding hydrogens is 330 g/mol. The minimum Gasteiger partial charge on any atom is -0.341 e. The minimum atomic E-state index is 0.0158. The van der Waals surface area contributed by atoms with Gasteiger partial charge in [-0.1, -0.05) is 0 Å². The maximum atomic E-state index is 12.8. The van der Waals surface area contributed by atoms with Crippen molar-refractivity contribution in [1.29, 1.82) is 0 Å². The van der Waals surface area contributed by atoms with Gasteiger partial charge < -0.3 is 9.88 Å². The number of aryl methyl sites for hydroxylation is 2. The van der Waals surface area contributed by atoms with Crippen LogP contribution in [-0.4, -0.2) is 53.6 Å². The molecule has 26 heavy (non-hydrogen) atoms. The molecule has 1 aliphatic heterocycles. The molecule has 8 nitrogen and oxygen atoms in total. The Kier molecular flexibility index (Phi) is 4.24. The molecule has 3 aromatic heterocycles. The van der Waals surface area contributed by atoms with Crippen LogP contribution in [0.3, 0.4) is 0 Å². The van der Waals surface area contributed by atoms with Gasteiger partial charge in [-0.05, 0) is 19.8 Å². The standard InChI is InChI=1S/C18H21N7O/c1-12-8-21-17(23-12)16-15(19-5-6-20-16)13-4-3-7-25(11-13)18(26)14-9-22-24(2)10-14/h5-6,8-10,13H,3-4,7,11H2,1-2H3,(H,21,23)/t13-/m1/s1. The molecule has 1 N–H and O–H groups in total. The van der Waals surface area contributed by atoms with E-state index >= 15 is 0 Å². The van der Waals surface area contributed by atoms with E-state index in [4.69, 9.17) is 0 Å². The van der Waals surface area contributed by atoms with Gasteiger partial charge in [0, 0.05) is 56.5 Å². The zero-order chi connectivity index (χ0) is 18.1. The van der Waals surface area contributed by atoms with Crippen molar-refractivity contribution in [3.8, 4) is 11.5 Å². The average molecular weight is 351 g/mol. The molecule has 3 aromatic rings. The van der Waals surface area contributed by atoms with Crippen molar-refractivity contribution in [3.05, 3.63) is 47.9 Å². The number of carbonyl (C=O) groups is 1. The van der Waals surface area contributed by atoms with Gasteiger partial charge in [-0.3, -0.25) is 14.5 Å². The monoisotopic (exact) mass is 351 g/mol. The fraction of sp³-hybridized carbons (Fsp3) is 0.389. The second kappa shape index (κ2) is 6.70. The van der Waals surface area contributed by atoms with Gasteiger partial charge in [-0.25, -0.2) is 9.97 Å². The smallest absolute Gasteiger partial charge is 0.257 e. The molecule has 1 amide bonds. The molecule has 1 fully saturated rings. The van der Waals surface area contributed by atoms with Gasteiger partial charge in [0.1, 0.15) is 5.69 Å². The SMILES string of the molecule is Cc1cnc(-c2nccnc2[C@@H]2CCCN(C(=O)c3cnn(C)c3)C2)[nH]1. The Morgan fingerprint density at radius 3 is 2.81 bits per heavy atom. The van der Waals surface area contributed by atoms with E-state index in [0.29, 0.717) is 12.1 Å². The van der Waals surface area contributed by atoms with Crippen LogP contribution in [0.25, 0.3) is 11.5 Å². The quantitative estimate of drug-likeness (QED) is 0.778. The lowest BCUT2D eigenvalue weighted by Crippen LogP contribution is -2.39. The third kappa shape index (κ3) is 3.10. The van der Waals surface area contributed by atoms with E-state index in [1.54, 1.807) is 35.7 Å². The van der Waals surface area contributed by atoms with Gasteiger partial charge >= 0.3 is 0 Å². The lowest BCUT2D eigenvalue weighted by Gasteiger charge is -2.32. The number of hydrogen-bond donors (Lipinski definition) is 1. The highest BCUT2D eigenvalue weighted by atomic mass is 16.2. The zero-order valence-electron chi connectivity index (χ0n) is 14.9. The van der Waals surface area contributed by atoms with Crippen LogP contribution in [0.1, 0.15) is 40.5 Å². The number of carbonyl (C=O) groups excluding carboxylic acids is 1. The Balaban J connectivity index is 1.60. The van der Waals surface area contributed by atoms with E-state index < -0.39 is 0 Å². The molecule has 0 aromatic carbocycles. The fourth-order valence-electron chi connectivity index (χ4n) is 3.46. The van der Waals surface area contributed by atoms with E-state index in [0.717, 1.165) is 42.3 Å². The summed E-state index contributed by atoms with van der Waals surface area (Å²) >= 11 is 0. The van der Waals surface area contributed by atoms with Crippen LogP contribution < -0.4 is 0 Å². The van der Waals surface area contributed by atoms with Gasteiger partial charge in [0.05, 0.1) is 17.5 Å². The first kappa shape index (κ1) is 16.4. The number of amides is 1. The Hall–Kier alpha value is -3.03. The molecule has 0 aliphatic carbocycles. The molecule has 1 saturated heterocycles. The lowest BCUT2D eigenvalue weighted by atomic mass is 9.92. The maximum absolute atomic E-state index is 12.8. The molecule has 0 bridgehead atoms. The van der Waals surface area contributed by atoms with Crippen LogP contribution >= 0.6 is 0 Å². The van der Waals surface area contributed by atoms with Crippen LogP contribution in [0.2, 0.25) is 0 Å². The van der Waals surface area contributed by atoms with Crippen molar-refractivity contribution in [3.63, 3.8) is 0 Å². The maximum Gasteiger partial charge on any atom is 0.257 e. The Labute approximate surface area is 151 Å². The summed E-state index contributed by atoms with van der Waals surface area (Å²) < 4.78 is 1.65. The summed E-state index contributed by atoms with van der Waals surface area (Å²) in [7, 11) is 1.81. The van der Waals surface area contributed by atoms with E-state index in [1.807, 2.05) is 18.9 Å². The van der Waals surface area contributed by atoms with Crippen LogP contribution in [-0.2, 0) is 7.05 Å². The summed E-state index contributed by atoms with van der Waals surface area (Å²) in [5.74, 6) is 0.877. The van der Waals surface area contributed by atoms with Crippen LogP contribution in [0.15, 0.2) is 31.0 Å². The fourth-order valence-corrected chi connectivity index (χ4v) is 3.46. The van der Waals surface area contributed by atoms with E-state index in [-0.39, 0.29) is 11.8 Å². The third-order valence-electron chi connectivity index (χ3n) is 4.70. The molecule has 4 heterocycles. The molecule has 0 saturated carbocycles. The van der Waals surface area contributed by atoms with Crippen LogP contribution in [0.4, 0.5) is 0 Å². The first-order valence-electron chi connectivity index (χ1n) is 8.72. The van der Waals surface area contributed by atoms with E-state index in [2.05, 4.69) is 25.0 Å². The summed E-state index contributed by atoms with van der Waals surface area (Å²) in [6.45, 7) is 3.33. The minimum absolute atomic E-state index is 0.0158. The van der Waals surface area contributed by atoms with Crippen molar-refractivity contribution < 1.29 is 4.79 Å². The number of nitrogens with one attached hydrogen (secondary N) is 1. The normalized spacial score (nSPS) is 17.5. The third-order valence-corrected chi connectivity index (χ3v) is 4.70. The molecule has 0 unspecified atom stereocenters. The molecule has 1 atom stereocenters. The lowest BCUT2D eigenvalue weighted by molar-refractivity contribution is 0.0706. The molecule has 134 valence electrons. The number of nitrogens with zero attached hydrogens (tertiary/aromatic N) is 6. The number of hydrogen-bond acceptors (Lipinski definition) is 5. The van der Waals surface area contributed by atoms with Crippen molar-refractivity contribution in [2.24, 2.45) is 7.05 Å². The molecule has 4 rings (SSSR count). The summed E-state index contributed by atoms with van der Waals surface area (Å²) in [5, 5.41) is 4.10. The van der Waals surface area contributed by atoms with Crippen LogP contribution in [0.5, 0.6) is 0 Å². The van der Waals surface area contributed by atoms with Crippen molar-refractivity contribution in [2.75, 3.05) is 13.1 Å². The Morgan fingerprint density at radius 2 is 2.08 bits per heavy atom. The van der Waals surface area contributed by atoms with Gasteiger partial charge in [0.2, 0.25) is 0 Å². The molecular formula is C18H21N7O. The predicted molar refractivity (Wildman–Crippen MR) is 95.4 cm³/mol. The van der Waals surface area contributed by atoms with Gasteiger partial charge in [0.25, 0.3) is 5.91 Å². The molecule has 1 aliphatic rings. The van der Waals surface area contributed by atoms with Gasteiger partial charge in [-0.2, -0.15) is 5.10 Å². The largest absolute Gasteiger partial charge is 0.341 e. The summed E-state index contributed by atoms with van der Waals surface area (Å²) in [4.78, 5) is 31.4. The number of likely N-dealkylation sites (tertiary alicyclic amines) is 1. The molecule has 8 heteroatoms. The summed E-state index contributed by atoms with van der Waals surface area (Å²) in [6, 6.07) is 0. The second-order valence-corrected chi connectivity index (χ2v) is 6.70. The van der Waals surface area contributed by atoms with Crippen molar-refractivity contribution in [1.82, 2.24) is 34.6 Å². The Bertz CT molecular complexity index is 929. The zero-order valence-corrected chi connectivity index (χ0v) is 14.9. The van der Waals surface area contributed by atoms with Crippen LogP contribution in [0, 0.1) is 6.92 Å². The first-order chi connectivity index (χ1) is 12.6. The number of aromatic nitrogens is 6. The van der Waals surface area contributed by atoms with E-state index in [1.165, 1.54) is 0 Å². The van der Waals surface area contributed by atoms with Gasteiger partial charge in [0.15, 0.2) is 5.82 Å². The second-order valence-electron chi connectivity index (χ2n) is 6.70. The predicted octanol–water partition coefficient (Wildman–Crippen LogP) is 1.93. The summed E-state index contributed by atoms with van der Waals surface area (Å²) in [5.41, 5.74) is 3.26.